The van der Waals surface area contributed by atoms with Gasteiger partial charge in [0, 0.05) is 39.8 Å². The number of methoxy groups -OCH3 is 1. The third kappa shape index (κ3) is 4.72. The number of amides is 1. The second-order valence-electron chi connectivity index (χ2n) is 5.21. The Kier molecular flexibility index (Phi) is 6.02. The van der Waals surface area contributed by atoms with Gasteiger partial charge in [0.2, 0.25) is 0 Å². The van der Waals surface area contributed by atoms with E-state index in [1.165, 1.54) is 0 Å². The molecule has 0 N–H and O–H groups in total. The lowest BCUT2D eigenvalue weighted by molar-refractivity contribution is -0.142. The van der Waals surface area contributed by atoms with E-state index < -0.39 is 0 Å². The fourth-order valence-electron chi connectivity index (χ4n) is 2.36. The summed E-state index contributed by atoms with van der Waals surface area (Å²) in [5.41, 5.74) is 0. The number of hydrogen-bond donors (Lipinski definition) is 0. The molecule has 1 aromatic carbocycles. The van der Waals surface area contributed by atoms with Crippen molar-refractivity contribution in [3.8, 4) is 5.75 Å². The highest BCUT2D eigenvalue weighted by molar-refractivity contribution is 5.80. The van der Waals surface area contributed by atoms with Gasteiger partial charge in [0.25, 0.3) is 5.91 Å². The zero-order valence-corrected chi connectivity index (χ0v) is 12.8. The first-order valence-electron chi connectivity index (χ1n) is 7.42. The van der Waals surface area contributed by atoms with Crippen molar-refractivity contribution >= 4 is 5.91 Å². The number of rotatable bonds is 6. The summed E-state index contributed by atoms with van der Waals surface area (Å²) in [5, 5.41) is 0. The number of nitrogens with zero attached hydrogens (tertiary/aromatic N) is 2. The molecule has 0 radical (unpaired) electrons. The molecule has 116 valence electrons. The van der Waals surface area contributed by atoms with E-state index in [1.807, 2.05) is 35.2 Å². The van der Waals surface area contributed by atoms with Crippen molar-refractivity contribution in [3.05, 3.63) is 30.3 Å². The van der Waals surface area contributed by atoms with Crippen molar-refractivity contribution in [1.29, 1.82) is 0 Å². The van der Waals surface area contributed by atoms with Crippen molar-refractivity contribution in [2.45, 2.75) is 13.0 Å². The average Bonchev–Trinajstić information content (AvgIpc) is 2.55. The molecule has 1 aromatic rings. The zero-order valence-electron chi connectivity index (χ0n) is 12.8. The predicted octanol–water partition coefficient (Wildman–Crippen LogP) is 1.24. The fraction of sp³-hybridized carbons (Fsp3) is 0.562. The number of para-hydroxylation sites is 1. The van der Waals surface area contributed by atoms with Crippen molar-refractivity contribution in [2.75, 3.05) is 46.4 Å². The van der Waals surface area contributed by atoms with Gasteiger partial charge in [-0.2, -0.15) is 0 Å². The van der Waals surface area contributed by atoms with Gasteiger partial charge in [-0.1, -0.05) is 18.2 Å². The molecule has 1 aliphatic heterocycles. The zero-order chi connectivity index (χ0) is 15.1. The van der Waals surface area contributed by atoms with E-state index in [1.54, 1.807) is 14.0 Å². The molecule has 1 aliphatic rings. The highest BCUT2D eigenvalue weighted by Gasteiger charge is 2.24. The van der Waals surface area contributed by atoms with Gasteiger partial charge in [0.1, 0.15) is 18.5 Å². The fourth-order valence-corrected chi connectivity index (χ4v) is 2.36. The minimum Gasteiger partial charge on any atom is -0.492 e. The molecule has 0 saturated carbocycles. The molecule has 0 spiro atoms. The van der Waals surface area contributed by atoms with Crippen LogP contribution in [0.1, 0.15) is 6.92 Å². The third-order valence-corrected chi connectivity index (χ3v) is 3.80. The molecule has 0 aliphatic carbocycles. The first-order valence-corrected chi connectivity index (χ1v) is 7.42. The Bertz CT molecular complexity index is 430. The van der Waals surface area contributed by atoms with E-state index >= 15 is 0 Å². The number of benzene rings is 1. The maximum Gasteiger partial charge on any atom is 0.251 e. The highest BCUT2D eigenvalue weighted by Crippen LogP contribution is 2.09. The smallest absolute Gasteiger partial charge is 0.251 e. The Morgan fingerprint density at radius 3 is 2.48 bits per heavy atom. The largest absolute Gasteiger partial charge is 0.492 e. The van der Waals surface area contributed by atoms with Crippen molar-refractivity contribution in [1.82, 2.24) is 9.80 Å². The maximum absolute atomic E-state index is 12.0. The lowest BCUT2D eigenvalue weighted by Crippen LogP contribution is -2.51. The van der Waals surface area contributed by atoms with Gasteiger partial charge in [0.05, 0.1) is 0 Å². The van der Waals surface area contributed by atoms with E-state index in [9.17, 15) is 4.79 Å². The lowest BCUT2D eigenvalue weighted by atomic mass is 10.2. The Morgan fingerprint density at radius 1 is 1.19 bits per heavy atom. The molecule has 2 rings (SSSR count). The Balaban J connectivity index is 1.66. The molecule has 1 saturated heterocycles. The summed E-state index contributed by atoms with van der Waals surface area (Å²) in [6.45, 7) is 6.65. The van der Waals surface area contributed by atoms with Crippen molar-refractivity contribution in [2.24, 2.45) is 0 Å². The molecular weight excluding hydrogens is 268 g/mol. The number of carbonyl (C=O) groups is 1. The summed E-state index contributed by atoms with van der Waals surface area (Å²) in [6, 6.07) is 9.84. The van der Waals surface area contributed by atoms with Crippen molar-refractivity contribution < 1.29 is 14.3 Å². The number of hydrogen-bond acceptors (Lipinski definition) is 4. The van der Waals surface area contributed by atoms with Gasteiger partial charge in [0.15, 0.2) is 0 Å². The van der Waals surface area contributed by atoms with E-state index in [0.29, 0.717) is 6.61 Å². The quantitative estimate of drug-likeness (QED) is 0.791. The van der Waals surface area contributed by atoms with Gasteiger partial charge in [-0.25, -0.2) is 0 Å². The average molecular weight is 292 g/mol. The maximum atomic E-state index is 12.0. The molecule has 1 heterocycles. The summed E-state index contributed by atoms with van der Waals surface area (Å²) in [4.78, 5) is 16.2. The van der Waals surface area contributed by atoms with E-state index in [0.717, 1.165) is 38.5 Å². The summed E-state index contributed by atoms with van der Waals surface area (Å²) < 4.78 is 10.8. The van der Waals surface area contributed by atoms with Crippen molar-refractivity contribution in [3.63, 3.8) is 0 Å². The molecule has 21 heavy (non-hydrogen) atoms. The summed E-state index contributed by atoms with van der Waals surface area (Å²) >= 11 is 0. The van der Waals surface area contributed by atoms with Crippen LogP contribution in [0, 0.1) is 0 Å². The van der Waals surface area contributed by atoms with Crippen LogP contribution in [-0.4, -0.2) is 68.3 Å². The van der Waals surface area contributed by atoms with Crippen LogP contribution < -0.4 is 4.74 Å². The molecule has 1 unspecified atom stereocenters. The second-order valence-corrected chi connectivity index (χ2v) is 5.21. The molecular formula is C16H24N2O3. The van der Waals surface area contributed by atoms with E-state index in [4.69, 9.17) is 9.47 Å². The molecule has 0 bridgehead atoms. The molecule has 1 fully saturated rings. The SMILES string of the molecule is COC(C)C(=O)N1CCN(CCOc2ccccc2)CC1. The third-order valence-electron chi connectivity index (χ3n) is 3.80. The molecule has 5 heteroatoms. The van der Waals surface area contributed by atoms with Crippen LogP contribution in [0.5, 0.6) is 5.75 Å². The summed E-state index contributed by atoms with van der Waals surface area (Å²) in [6.07, 6.45) is -0.349. The monoisotopic (exact) mass is 292 g/mol. The molecule has 1 amide bonds. The molecule has 0 aromatic heterocycles. The van der Waals surface area contributed by atoms with Crippen LogP contribution in [-0.2, 0) is 9.53 Å². The number of piperazine rings is 1. The van der Waals surface area contributed by atoms with Crippen LogP contribution in [0.2, 0.25) is 0 Å². The van der Waals surface area contributed by atoms with Crippen LogP contribution in [0.4, 0.5) is 0 Å². The highest BCUT2D eigenvalue weighted by atomic mass is 16.5. The summed E-state index contributed by atoms with van der Waals surface area (Å²) in [5.74, 6) is 0.984. The molecule has 1 atom stereocenters. The van der Waals surface area contributed by atoms with Gasteiger partial charge in [-0.3, -0.25) is 9.69 Å². The van der Waals surface area contributed by atoms with E-state index in [-0.39, 0.29) is 12.0 Å². The van der Waals surface area contributed by atoms with Gasteiger partial charge >= 0.3 is 0 Å². The van der Waals surface area contributed by atoms with Gasteiger partial charge in [-0.05, 0) is 19.1 Å². The topological polar surface area (TPSA) is 42.0 Å². The van der Waals surface area contributed by atoms with Crippen LogP contribution in [0.15, 0.2) is 30.3 Å². The van der Waals surface area contributed by atoms with Gasteiger partial charge in [-0.15, -0.1) is 0 Å². The first kappa shape index (κ1) is 15.8. The number of carbonyl (C=O) groups excluding carboxylic acids is 1. The summed E-state index contributed by atoms with van der Waals surface area (Å²) in [7, 11) is 1.57. The second kappa shape index (κ2) is 8.00. The predicted molar refractivity (Wildman–Crippen MR) is 81.4 cm³/mol. The Hall–Kier alpha value is -1.59. The van der Waals surface area contributed by atoms with Gasteiger partial charge < -0.3 is 14.4 Å². The van der Waals surface area contributed by atoms with Crippen LogP contribution in [0.3, 0.4) is 0 Å². The minimum absolute atomic E-state index is 0.0812. The number of ether oxygens (including phenoxy) is 2. The van der Waals surface area contributed by atoms with Crippen LogP contribution in [0.25, 0.3) is 0 Å². The standard InChI is InChI=1S/C16H24N2O3/c1-14(20-2)16(19)18-10-8-17(9-11-18)12-13-21-15-6-4-3-5-7-15/h3-7,14H,8-13H2,1-2H3. The van der Waals surface area contributed by atoms with Crippen LogP contribution >= 0.6 is 0 Å². The lowest BCUT2D eigenvalue weighted by Gasteiger charge is -2.35. The normalized spacial score (nSPS) is 17.5. The first-order chi connectivity index (χ1) is 10.2. The minimum atomic E-state index is -0.349. The molecule has 5 nitrogen and oxygen atoms in total. The van der Waals surface area contributed by atoms with E-state index in [2.05, 4.69) is 4.90 Å². The Labute approximate surface area is 126 Å². The Morgan fingerprint density at radius 2 is 1.86 bits per heavy atom.